The smallest absolute Gasteiger partial charge is 0.225 e. The molecular weight excluding hydrogens is 386 g/mol. The zero-order valence-corrected chi connectivity index (χ0v) is 18.8. The summed E-state index contributed by atoms with van der Waals surface area (Å²) in [5.41, 5.74) is 1.38. The summed E-state index contributed by atoms with van der Waals surface area (Å²) in [4.78, 5) is 20.6. The third-order valence-electron chi connectivity index (χ3n) is 6.52. The lowest BCUT2D eigenvalue weighted by Gasteiger charge is -2.39. The molecule has 166 valence electrons. The maximum Gasteiger partial charge on any atom is 0.225 e. The molecule has 0 bridgehead atoms. The summed E-state index contributed by atoms with van der Waals surface area (Å²) in [6.07, 6.45) is 6.17. The molecule has 2 fully saturated rings. The number of likely N-dealkylation sites (tertiary alicyclic amines) is 1. The van der Waals surface area contributed by atoms with Gasteiger partial charge in [-0.15, -0.1) is 0 Å². The summed E-state index contributed by atoms with van der Waals surface area (Å²) in [5.74, 6) is 2.63. The second kappa shape index (κ2) is 10.6. The first kappa shape index (κ1) is 21.6. The van der Waals surface area contributed by atoms with Gasteiger partial charge in [-0.1, -0.05) is 37.3 Å². The SMILES string of the molecule is CN=C(NCC(c1ccccc1)N1CCC(C)CC1)N1CCN(c2ncccn2)CC1. The van der Waals surface area contributed by atoms with E-state index < -0.39 is 0 Å². The highest BCUT2D eigenvalue weighted by Crippen LogP contribution is 2.26. The van der Waals surface area contributed by atoms with Crippen molar-refractivity contribution in [2.45, 2.75) is 25.8 Å². The van der Waals surface area contributed by atoms with Crippen LogP contribution >= 0.6 is 0 Å². The average molecular weight is 422 g/mol. The zero-order valence-electron chi connectivity index (χ0n) is 18.8. The Morgan fingerprint density at radius 1 is 1.00 bits per heavy atom. The average Bonchev–Trinajstić information content (AvgIpc) is 2.84. The monoisotopic (exact) mass is 421 g/mol. The van der Waals surface area contributed by atoms with Crippen LogP contribution in [0.15, 0.2) is 53.8 Å². The van der Waals surface area contributed by atoms with Gasteiger partial charge < -0.3 is 15.1 Å². The summed E-state index contributed by atoms with van der Waals surface area (Å²) in [5, 5.41) is 3.69. The van der Waals surface area contributed by atoms with E-state index in [1.807, 2.05) is 13.1 Å². The van der Waals surface area contributed by atoms with Crippen LogP contribution in [0.3, 0.4) is 0 Å². The second-order valence-electron chi connectivity index (χ2n) is 8.60. The van der Waals surface area contributed by atoms with Gasteiger partial charge >= 0.3 is 0 Å². The van der Waals surface area contributed by atoms with Crippen molar-refractivity contribution >= 4 is 11.9 Å². The summed E-state index contributed by atoms with van der Waals surface area (Å²) in [6, 6.07) is 13.1. The molecule has 0 radical (unpaired) electrons. The minimum absolute atomic E-state index is 0.365. The van der Waals surface area contributed by atoms with Crippen molar-refractivity contribution in [2.24, 2.45) is 10.9 Å². The predicted octanol–water partition coefficient (Wildman–Crippen LogP) is 2.65. The van der Waals surface area contributed by atoms with E-state index >= 15 is 0 Å². The van der Waals surface area contributed by atoms with Crippen molar-refractivity contribution in [3.63, 3.8) is 0 Å². The van der Waals surface area contributed by atoms with E-state index in [9.17, 15) is 0 Å². The number of piperidine rings is 1. The molecule has 31 heavy (non-hydrogen) atoms. The van der Waals surface area contributed by atoms with Crippen molar-refractivity contribution in [1.82, 2.24) is 25.1 Å². The first-order chi connectivity index (χ1) is 15.2. The Hall–Kier alpha value is -2.67. The molecule has 0 aliphatic carbocycles. The zero-order chi connectivity index (χ0) is 21.5. The van der Waals surface area contributed by atoms with Crippen LogP contribution < -0.4 is 10.2 Å². The van der Waals surface area contributed by atoms with Crippen molar-refractivity contribution in [3.05, 3.63) is 54.4 Å². The molecule has 0 saturated carbocycles. The highest BCUT2D eigenvalue weighted by molar-refractivity contribution is 5.80. The minimum Gasteiger partial charge on any atom is -0.354 e. The third kappa shape index (κ3) is 5.53. The van der Waals surface area contributed by atoms with Crippen LogP contribution in [0.4, 0.5) is 5.95 Å². The molecule has 0 spiro atoms. The minimum atomic E-state index is 0.365. The Kier molecular flexibility index (Phi) is 7.35. The van der Waals surface area contributed by atoms with Gasteiger partial charge in [0.1, 0.15) is 0 Å². The summed E-state index contributed by atoms with van der Waals surface area (Å²) >= 11 is 0. The lowest BCUT2D eigenvalue weighted by molar-refractivity contribution is 0.138. The molecule has 1 aromatic carbocycles. The van der Waals surface area contributed by atoms with E-state index in [-0.39, 0.29) is 0 Å². The maximum absolute atomic E-state index is 4.60. The number of nitrogens with zero attached hydrogens (tertiary/aromatic N) is 6. The lowest BCUT2D eigenvalue weighted by atomic mass is 9.95. The number of nitrogens with one attached hydrogen (secondary N) is 1. The Balaban J connectivity index is 1.37. The van der Waals surface area contributed by atoms with Crippen molar-refractivity contribution < 1.29 is 0 Å². The van der Waals surface area contributed by atoms with Gasteiger partial charge in [0.15, 0.2) is 5.96 Å². The molecule has 0 amide bonds. The van der Waals surface area contributed by atoms with E-state index in [4.69, 9.17) is 0 Å². The van der Waals surface area contributed by atoms with E-state index in [0.717, 1.165) is 63.6 Å². The standard InChI is InChI=1S/C24H35N7/c1-20-9-13-29(14-10-20)22(21-7-4-3-5-8-21)19-28-23(25-2)30-15-17-31(18-16-30)24-26-11-6-12-27-24/h3-8,11-12,20,22H,9-10,13-19H2,1-2H3,(H,25,28). The van der Waals surface area contributed by atoms with Crippen LogP contribution in [-0.2, 0) is 0 Å². The molecule has 3 heterocycles. The Bertz CT molecular complexity index is 810. The summed E-state index contributed by atoms with van der Waals surface area (Å²) < 4.78 is 0. The largest absolute Gasteiger partial charge is 0.354 e. The molecule has 1 atom stereocenters. The number of rotatable bonds is 5. The third-order valence-corrected chi connectivity index (χ3v) is 6.52. The topological polar surface area (TPSA) is 59.9 Å². The fraction of sp³-hybridized carbons (Fsp3) is 0.542. The summed E-state index contributed by atoms with van der Waals surface area (Å²) in [6.45, 7) is 9.19. The molecule has 7 heteroatoms. The number of piperazine rings is 1. The second-order valence-corrected chi connectivity index (χ2v) is 8.60. The van der Waals surface area contributed by atoms with Gasteiger partial charge in [-0.2, -0.15) is 0 Å². The first-order valence-electron chi connectivity index (χ1n) is 11.5. The highest BCUT2D eigenvalue weighted by atomic mass is 15.4. The van der Waals surface area contributed by atoms with E-state index in [0.29, 0.717) is 6.04 Å². The Morgan fingerprint density at radius 3 is 2.32 bits per heavy atom. The maximum atomic E-state index is 4.60. The lowest BCUT2D eigenvalue weighted by Crippen LogP contribution is -2.54. The number of benzene rings is 1. The Labute approximate surface area is 186 Å². The van der Waals surface area contributed by atoms with E-state index in [1.54, 1.807) is 12.4 Å². The number of aromatic nitrogens is 2. The first-order valence-corrected chi connectivity index (χ1v) is 11.5. The molecule has 2 saturated heterocycles. The summed E-state index contributed by atoms with van der Waals surface area (Å²) in [7, 11) is 1.88. The van der Waals surface area contributed by atoms with Crippen LogP contribution in [0.25, 0.3) is 0 Å². The quantitative estimate of drug-likeness (QED) is 0.592. The molecule has 1 unspecified atom stereocenters. The van der Waals surface area contributed by atoms with Crippen LogP contribution in [0.5, 0.6) is 0 Å². The van der Waals surface area contributed by atoms with Crippen LogP contribution in [-0.4, -0.2) is 78.6 Å². The van der Waals surface area contributed by atoms with Crippen LogP contribution in [0, 0.1) is 5.92 Å². The Morgan fingerprint density at radius 2 is 1.68 bits per heavy atom. The van der Waals surface area contributed by atoms with Crippen molar-refractivity contribution in [1.29, 1.82) is 0 Å². The van der Waals surface area contributed by atoms with Gasteiger partial charge in [-0.25, -0.2) is 9.97 Å². The van der Waals surface area contributed by atoms with Crippen LogP contribution in [0.2, 0.25) is 0 Å². The van der Waals surface area contributed by atoms with Gasteiger partial charge in [-0.3, -0.25) is 9.89 Å². The normalized spacial score (nSPS) is 20.0. The number of guanidine groups is 1. The van der Waals surface area contributed by atoms with Crippen molar-refractivity contribution in [3.8, 4) is 0 Å². The van der Waals surface area contributed by atoms with Gasteiger partial charge in [-0.05, 0) is 43.5 Å². The highest BCUT2D eigenvalue weighted by Gasteiger charge is 2.26. The van der Waals surface area contributed by atoms with Gasteiger partial charge in [0.05, 0.1) is 6.04 Å². The number of anilines is 1. The number of aliphatic imine (C=N–C) groups is 1. The van der Waals surface area contributed by atoms with E-state index in [1.165, 1.54) is 18.4 Å². The molecule has 2 aliphatic rings. The number of hydrogen-bond acceptors (Lipinski definition) is 5. The number of hydrogen-bond donors (Lipinski definition) is 1. The fourth-order valence-corrected chi connectivity index (χ4v) is 4.57. The van der Waals surface area contributed by atoms with Gasteiger partial charge in [0.25, 0.3) is 0 Å². The molecular formula is C24H35N7. The molecule has 2 aromatic rings. The molecule has 4 rings (SSSR count). The van der Waals surface area contributed by atoms with Gasteiger partial charge in [0.2, 0.25) is 5.95 Å². The molecule has 2 aliphatic heterocycles. The van der Waals surface area contributed by atoms with Gasteiger partial charge in [0, 0.05) is 52.2 Å². The molecule has 7 nitrogen and oxygen atoms in total. The van der Waals surface area contributed by atoms with Crippen molar-refractivity contribution in [2.75, 3.05) is 57.8 Å². The van der Waals surface area contributed by atoms with Crippen LogP contribution in [0.1, 0.15) is 31.4 Å². The molecule has 1 N–H and O–H groups in total. The molecule has 1 aromatic heterocycles. The predicted molar refractivity (Wildman–Crippen MR) is 126 cm³/mol. The fourth-order valence-electron chi connectivity index (χ4n) is 4.57. The van der Waals surface area contributed by atoms with E-state index in [2.05, 4.69) is 72.2 Å².